The lowest BCUT2D eigenvalue weighted by molar-refractivity contribution is 0.203. The predicted molar refractivity (Wildman–Crippen MR) is 127 cm³/mol. The van der Waals surface area contributed by atoms with Crippen LogP contribution in [0.1, 0.15) is 35.5 Å². The van der Waals surface area contributed by atoms with Gasteiger partial charge in [-0.15, -0.1) is 0 Å². The summed E-state index contributed by atoms with van der Waals surface area (Å²) in [7, 11) is 0. The van der Waals surface area contributed by atoms with E-state index in [1.165, 1.54) is 24.3 Å². The number of hydrogen-bond acceptors (Lipinski definition) is 4. The van der Waals surface area contributed by atoms with E-state index in [0.717, 1.165) is 11.1 Å². The first-order chi connectivity index (χ1) is 16.9. The highest BCUT2D eigenvalue weighted by Gasteiger charge is 2.36. The minimum Gasteiger partial charge on any atom is -0.334 e. The van der Waals surface area contributed by atoms with E-state index in [1.54, 1.807) is 36.1 Å². The summed E-state index contributed by atoms with van der Waals surface area (Å²) < 4.78 is 33.1. The molecule has 0 bridgehead atoms. The van der Waals surface area contributed by atoms with Crippen LogP contribution in [0.15, 0.2) is 83.0 Å². The number of halogens is 2. The first-order valence-corrected chi connectivity index (χ1v) is 11.1. The molecule has 35 heavy (non-hydrogen) atoms. The van der Waals surface area contributed by atoms with E-state index in [1.807, 2.05) is 31.2 Å². The molecule has 1 aliphatic heterocycles. The molecule has 0 spiro atoms. The van der Waals surface area contributed by atoms with E-state index in [2.05, 4.69) is 15.5 Å². The summed E-state index contributed by atoms with van der Waals surface area (Å²) in [5.74, 6) is -0.329. The highest BCUT2D eigenvalue weighted by Crippen LogP contribution is 2.38. The van der Waals surface area contributed by atoms with E-state index in [4.69, 9.17) is 4.52 Å². The van der Waals surface area contributed by atoms with Gasteiger partial charge in [0.2, 0.25) is 5.82 Å². The smallest absolute Gasteiger partial charge is 0.322 e. The molecule has 2 heterocycles. The zero-order valence-electron chi connectivity index (χ0n) is 19.1. The van der Waals surface area contributed by atoms with Gasteiger partial charge in [-0.05, 0) is 66.9 Å². The van der Waals surface area contributed by atoms with Crippen LogP contribution in [0.25, 0.3) is 17.0 Å². The first kappa shape index (κ1) is 22.5. The average molecular weight is 472 g/mol. The molecule has 4 aromatic rings. The summed E-state index contributed by atoms with van der Waals surface area (Å²) in [5.41, 5.74) is 4.34. The molecule has 1 aliphatic rings. The Labute approximate surface area is 200 Å². The van der Waals surface area contributed by atoms with Crippen molar-refractivity contribution < 1.29 is 18.1 Å². The van der Waals surface area contributed by atoms with Crippen molar-refractivity contribution in [2.45, 2.75) is 26.4 Å². The molecule has 1 atom stereocenters. The maximum atomic E-state index is 14.1. The maximum absolute atomic E-state index is 14.1. The van der Waals surface area contributed by atoms with Gasteiger partial charge in [0, 0.05) is 11.3 Å². The summed E-state index contributed by atoms with van der Waals surface area (Å²) in [6.07, 6.45) is 0. The van der Waals surface area contributed by atoms with Crippen molar-refractivity contribution in [2.75, 3.05) is 0 Å². The Morgan fingerprint density at radius 1 is 0.971 bits per heavy atom. The van der Waals surface area contributed by atoms with E-state index in [-0.39, 0.29) is 23.6 Å². The molecule has 176 valence electrons. The largest absolute Gasteiger partial charge is 0.334 e. The van der Waals surface area contributed by atoms with Gasteiger partial charge < -0.3 is 9.84 Å². The third-order valence-electron chi connectivity index (χ3n) is 6.13. The average Bonchev–Trinajstić information content (AvgIpc) is 3.32. The van der Waals surface area contributed by atoms with Gasteiger partial charge in [0.1, 0.15) is 11.6 Å². The number of benzene rings is 3. The van der Waals surface area contributed by atoms with Crippen LogP contribution in [-0.4, -0.2) is 21.1 Å². The molecular weight excluding hydrogens is 450 g/mol. The third kappa shape index (κ3) is 4.42. The molecule has 5 rings (SSSR count). The summed E-state index contributed by atoms with van der Waals surface area (Å²) in [6.45, 7) is 4.13. The number of urea groups is 1. The van der Waals surface area contributed by atoms with E-state index in [0.29, 0.717) is 28.9 Å². The van der Waals surface area contributed by atoms with Crippen molar-refractivity contribution >= 4 is 11.6 Å². The molecular formula is C27H22F2N4O2. The van der Waals surface area contributed by atoms with Crippen LogP contribution >= 0.6 is 0 Å². The molecule has 6 nitrogen and oxygen atoms in total. The molecule has 0 saturated heterocycles. The molecule has 0 radical (unpaired) electrons. The lowest BCUT2D eigenvalue weighted by Crippen LogP contribution is -2.45. The summed E-state index contributed by atoms with van der Waals surface area (Å²) in [5, 5.41) is 7.04. The zero-order chi connectivity index (χ0) is 24.5. The van der Waals surface area contributed by atoms with Gasteiger partial charge in [0.05, 0.1) is 18.2 Å². The number of aryl methyl sites for hydroxylation is 1. The Hall–Kier alpha value is -4.33. The van der Waals surface area contributed by atoms with Crippen molar-refractivity contribution in [3.8, 4) is 11.4 Å². The molecule has 0 fully saturated rings. The predicted octanol–water partition coefficient (Wildman–Crippen LogP) is 6.02. The van der Waals surface area contributed by atoms with E-state index in [9.17, 15) is 13.6 Å². The van der Waals surface area contributed by atoms with Gasteiger partial charge in [-0.25, -0.2) is 13.6 Å². The monoisotopic (exact) mass is 472 g/mol. The molecule has 1 aromatic heterocycles. The van der Waals surface area contributed by atoms with Gasteiger partial charge in [0.25, 0.3) is 5.89 Å². The van der Waals surface area contributed by atoms with Crippen molar-refractivity contribution in [3.63, 3.8) is 0 Å². The normalized spacial score (nSPS) is 15.9. The van der Waals surface area contributed by atoms with Gasteiger partial charge in [-0.3, -0.25) is 4.90 Å². The van der Waals surface area contributed by atoms with Crippen molar-refractivity contribution in [1.82, 2.24) is 20.4 Å². The van der Waals surface area contributed by atoms with Crippen LogP contribution in [0.3, 0.4) is 0 Å². The molecule has 8 heteroatoms. The van der Waals surface area contributed by atoms with Gasteiger partial charge in [-0.1, -0.05) is 41.6 Å². The highest BCUT2D eigenvalue weighted by molar-refractivity contribution is 5.87. The standard InChI is InChI=1S/C27H22F2N4O2/c1-16-6-3-4-7-20(16)15-33-17(2)23(24(30-27(33)34)19-8-5-9-22(29)14-19)26-31-25(32-35-26)18-10-12-21(28)13-11-18/h3-14,24H,15H2,1-2H3,(H,30,34). The Kier molecular flexibility index (Phi) is 5.86. The second-order valence-corrected chi connectivity index (χ2v) is 8.38. The highest BCUT2D eigenvalue weighted by atomic mass is 19.1. The van der Waals surface area contributed by atoms with Crippen LogP contribution in [0.2, 0.25) is 0 Å². The molecule has 3 aromatic carbocycles. The van der Waals surface area contributed by atoms with Crippen LogP contribution in [0, 0.1) is 18.6 Å². The minimum atomic E-state index is -0.701. The maximum Gasteiger partial charge on any atom is 0.322 e. The minimum absolute atomic E-state index is 0.186. The Balaban J connectivity index is 1.61. The van der Waals surface area contributed by atoms with Crippen molar-refractivity contribution in [3.05, 3.63) is 113 Å². The molecule has 0 aliphatic carbocycles. The number of nitrogens with one attached hydrogen (secondary N) is 1. The topological polar surface area (TPSA) is 71.3 Å². The zero-order valence-corrected chi connectivity index (χ0v) is 19.1. The van der Waals surface area contributed by atoms with Crippen LogP contribution < -0.4 is 5.32 Å². The Morgan fingerprint density at radius 2 is 1.74 bits per heavy atom. The van der Waals surface area contributed by atoms with Crippen LogP contribution in [-0.2, 0) is 6.54 Å². The van der Waals surface area contributed by atoms with Gasteiger partial charge >= 0.3 is 6.03 Å². The van der Waals surface area contributed by atoms with Gasteiger partial charge in [0.15, 0.2) is 0 Å². The van der Waals surface area contributed by atoms with Crippen LogP contribution in [0.4, 0.5) is 13.6 Å². The number of hydrogen-bond donors (Lipinski definition) is 1. The fourth-order valence-electron chi connectivity index (χ4n) is 4.19. The molecule has 1 unspecified atom stereocenters. The van der Waals surface area contributed by atoms with Crippen molar-refractivity contribution in [2.24, 2.45) is 0 Å². The SMILES string of the molecule is CC1=C(c2nc(-c3ccc(F)cc3)no2)C(c2cccc(F)c2)NC(=O)N1Cc1ccccc1C. The quantitative estimate of drug-likeness (QED) is 0.386. The molecule has 1 N–H and O–H groups in total. The van der Waals surface area contributed by atoms with E-state index >= 15 is 0 Å². The number of allylic oxidation sites excluding steroid dienone is 1. The van der Waals surface area contributed by atoms with Crippen molar-refractivity contribution in [1.29, 1.82) is 0 Å². The summed E-state index contributed by atoms with van der Waals surface area (Å²) in [4.78, 5) is 19.4. The van der Waals surface area contributed by atoms with Crippen LogP contribution in [0.5, 0.6) is 0 Å². The second kappa shape index (κ2) is 9.13. The molecule has 0 saturated carbocycles. The number of carbonyl (C=O) groups is 1. The second-order valence-electron chi connectivity index (χ2n) is 8.38. The van der Waals surface area contributed by atoms with E-state index < -0.39 is 11.9 Å². The first-order valence-electron chi connectivity index (χ1n) is 11.1. The Morgan fingerprint density at radius 3 is 2.49 bits per heavy atom. The fraction of sp³-hybridized carbons (Fsp3) is 0.148. The third-order valence-corrected chi connectivity index (χ3v) is 6.13. The molecule has 2 amide bonds. The Bertz CT molecular complexity index is 1430. The summed E-state index contributed by atoms with van der Waals surface area (Å²) >= 11 is 0. The summed E-state index contributed by atoms with van der Waals surface area (Å²) in [6, 6.07) is 18.6. The number of nitrogens with zero attached hydrogens (tertiary/aromatic N) is 3. The number of rotatable bonds is 5. The fourth-order valence-corrected chi connectivity index (χ4v) is 4.19. The lowest BCUT2D eigenvalue weighted by Gasteiger charge is -2.35. The number of aromatic nitrogens is 2. The van der Waals surface area contributed by atoms with Gasteiger partial charge in [-0.2, -0.15) is 4.98 Å². The number of amides is 2. The lowest BCUT2D eigenvalue weighted by atomic mass is 9.94. The number of carbonyl (C=O) groups excluding carboxylic acids is 1.